The second kappa shape index (κ2) is 12.0. The number of aromatic amines is 1. The fraction of sp³-hybridized carbons (Fsp3) is 0.250. The van der Waals surface area contributed by atoms with E-state index in [1.165, 1.54) is 6.07 Å². The molecule has 0 fully saturated rings. The predicted octanol–water partition coefficient (Wildman–Crippen LogP) is 6.50. The first-order valence-electron chi connectivity index (χ1n) is 11.6. The average Bonchev–Trinajstić information content (AvgIpc) is 3.34. The van der Waals surface area contributed by atoms with Gasteiger partial charge in [-0.05, 0) is 65.1 Å². The molecule has 4 rings (SSSR count). The standard InChI is InChI=1S/C28H28ClFN2O3/c1-2-24(25-10-7-22(29)17-26(25)30)28(20-6-11-27-21(16-20)18-31-32-27)19-4-8-23(9-5-19)35-14-3-13-34-15-12-33/h4-11,16-18,33H,2-3,12-15H2,1H3,(H,31,32). The Morgan fingerprint density at radius 1 is 1.00 bits per heavy atom. The van der Waals surface area contributed by atoms with Gasteiger partial charge in [0.25, 0.3) is 0 Å². The number of aliphatic hydroxyl groups is 1. The number of nitrogens with zero attached hydrogens (tertiary/aromatic N) is 1. The van der Waals surface area contributed by atoms with Crippen molar-refractivity contribution < 1.29 is 19.0 Å². The summed E-state index contributed by atoms with van der Waals surface area (Å²) in [6.07, 6.45) is 3.14. The summed E-state index contributed by atoms with van der Waals surface area (Å²) in [5, 5.41) is 17.2. The van der Waals surface area contributed by atoms with E-state index >= 15 is 4.39 Å². The van der Waals surface area contributed by atoms with Gasteiger partial charge in [0.05, 0.1) is 31.5 Å². The highest BCUT2D eigenvalue weighted by Crippen LogP contribution is 2.37. The molecule has 0 unspecified atom stereocenters. The van der Waals surface area contributed by atoms with Crippen LogP contribution in [0.1, 0.15) is 36.5 Å². The molecule has 0 aliphatic rings. The SMILES string of the molecule is CCC(=C(c1ccc(OCCCOCCO)cc1)c1ccc2[nH]ncc2c1)c1ccc(Cl)cc1F. The zero-order valence-corrected chi connectivity index (χ0v) is 20.3. The summed E-state index contributed by atoms with van der Waals surface area (Å²) in [4.78, 5) is 0. The smallest absolute Gasteiger partial charge is 0.132 e. The normalized spacial score (nSPS) is 12.1. The number of benzene rings is 3. The number of aromatic nitrogens is 2. The summed E-state index contributed by atoms with van der Waals surface area (Å²) >= 11 is 6.03. The molecule has 0 atom stereocenters. The van der Waals surface area contributed by atoms with Crippen molar-refractivity contribution in [3.8, 4) is 5.75 Å². The first-order chi connectivity index (χ1) is 17.1. The zero-order chi connectivity index (χ0) is 24.6. The number of aliphatic hydroxyl groups excluding tert-OH is 1. The van der Waals surface area contributed by atoms with Crippen LogP contribution in [-0.2, 0) is 4.74 Å². The second-order valence-electron chi connectivity index (χ2n) is 8.07. The van der Waals surface area contributed by atoms with Gasteiger partial charge in [0.15, 0.2) is 0 Å². The Kier molecular flexibility index (Phi) is 8.53. The first-order valence-corrected chi connectivity index (χ1v) is 12.0. The van der Waals surface area contributed by atoms with Crippen LogP contribution in [0.4, 0.5) is 4.39 Å². The van der Waals surface area contributed by atoms with Gasteiger partial charge in [-0.1, -0.05) is 42.8 Å². The van der Waals surface area contributed by atoms with Crippen molar-refractivity contribution in [3.63, 3.8) is 0 Å². The fourth-order valence-electron chi connectivity index (χ4n) is 4.08. The van der Waals surface area contributed by atoms with E-state index < -0.39 is 0 Å². The maximum atomic E-state index is 15.0. The molecule has 0 bridgehead atoms. The molecule has 1 heterocycles. The van der Waals surface area contributed by atoms with Crippen LogP contribution >= 0.6 is 11.6 Å². The number of hydrogen-bond donors (Lipinski definition) is 2. The molecule has 0 saturated heterocycles. The Hall–Kier alpha value is -3.19. The van der Waals surface area contributed by atoms with Gasteiger partial charge < -0.3 is 14.6 Å². The lowest BCUT2D eigenvalue weighted by atomic mass is 9.87. The molecule has 2 N–H and O–H groups in total. The minimum Gasteiger partial charge on any atom is -0.494 e. The second-order valence-corrected chi connectivity index (χ2v) is 8.50. The molecule has 1 aromatic heterocycles. The Morgan fingerprint density at radius 3 is 2.54 bits per heavy atom. The van der Waals surface area contributed by atoms with E-state index in [9.17, 15) is 0 Å². The van der Waals surface area contributed by atoms with Crippen LogP contribution in [-0.4, -0.2) is 41.7 Å². The van der Waals surface area contributed by atoms with E-state index in [4.69, 9.17) is 26.2 Å². The molecular formula is C28H28ClFN2O3. The Balaban J connectivity index is 1.70. The molecule has 35 heavy (non-hydrogen) atoms. The third-order valence-electron chi connectivity index (χ3n) is 5.72. The molecule has 0 spiro atoms. The fourth-order valence-corrected chi connectivity index (χ4v) is 4.24. The lowest BCUT2D eigenvalue weighted by Gasteiger charge is -2.17. The molecule has 182 valence electrons. The maximum Gasteiger partial charge on any atom is 0.132 e. The summed E-state index contributed by atoms with van der Waals surface area (Å²) in [5.74, 6) is 0.399. The van der Waals surface area contributed by atoms with Crippen LogP contribution in [0.3, 0.4) is 0 Å². The van der Waals surface area contributed by atoms with E-state index in [1.54, 1.807) is 18.3 Å². The maximum absolute atomic E-state index is 15.0. The lowest BCUT2D eigenvalue weighted by molar-refractivity contribution is 0.0836. The van der Waals surface area contributed by atoms with Gasteiger partial charge in [0.2, 0.25) is 0 Å². The zero-order valence-electron chi connectivity index (χ0n) is 19.6. The Labute approximate surface area is 209 Å². The highest BCUT2D eigenvalue weighted by Gasteiger charge is 2.17. The number of hydrogen-bond acceptors (Lipinski definition) is 4. The van der Waals surface area contributed by atoms with Gasteiger partial charge in [-0.2, -0.15) is 5.10 Å². The number of ether oxygens (including phenoxy) is 2. The van der Waals surface area contributed by atoms with Gasteiger partial charge in [0, 0.05) is 29.0 Å². The van der Waals surface area contributed by atoms with E-state index in [0.717, 1.165) is 45.3 Å². The number of rotatable bonds is 11. The number of fused-ring (bicyclic) bond motifs is 1. The molecule has 0 aliphatic carbocycles. The van der Waals surface area contributed by atoms with Gasteiger partial charge in [0.1, 0.15) is 11.6 Å². The summed E-state index contributed by atoms with van der Waals surface area (Å²) in [5.41, 5.74) is 5.23. The van der Waals surface area contributed by atoms with Crippen molar-refractivity contribution in [1.29, 1.82) is 0 Å². The quantitative estimate of drug-likeness (QED) is 0.184. The number of halogens is 2. The van der Waals surface area contributed by atoms with Gasteiger partial charge >= 0.3 is 0 Å². The molecule has 0 radical (unpaired) electrons. The average molecular weight is 495 g/mol. The third kappa shape index (κ3) is 6.09. The summed E-state index contributed by atoms with van der Waals surface area (Å²) in [7, 11) is 0. The summed E-state index contributed by atoms with van der Waals surface area (Å²) in [6, 6.07) is 18.7. The molecular weight excluding hydrogens is 467 g/mol. The topological polar surface area (TPSA) is 67.4 Å². The van der Waals surface area contributed by atoms with Gasteiger partial charge in [-0.15, -0.1) is 0 Å². The van der Waals surface area contributed by atoms with Crippen LogP contribution in [0.25, 0.3) is 22.0 Å². The molecule has 0 saturated carbocycles. The van der Waals surface area contributed by atoms with Gasteiger partial charge in [-0.3, -0.25) is 5.10 Å². The van der Waals surface area contributed by atoms with Crippen LogP contribution in [0.15, 0.2) is 66.9 Å². The molecule has 0 aliphatic heterocycles. The lowest BCUT2D eigenvalue weighted by Crippen LogP contribution is -2.05. The molecule has 3 aromatic carbocycles. The van der Waals surface area contributed by atoms with Gasteiger partial charge in [-0.25, -0.2) is 4.39 Å². The molecule has 7 heteroatoms. The van der Waals surface area contributed by atoms with E-state index in [1.807, 2.05) is 43.3 Å². The summed E-state index contributed by atoms with van der Waals surface area (Å²) < 4.78 is 26.1. The molecule has 5 nitrogen and oxygen atoms in total. The van der Waals surface area contributed by atoms with Crippen molar-refractivity contribution in [2.75, 3.05) is 26.4 Å². The van der Waals surface area contributed by atoms with Crippen molar-refractivity contribution in [2.45, 2.75) is 19.8 Å². The summed E-state index contributed by atoms with van der Waals surface area (Å²) in [6.45, 7) is 3.43. The first kappa shape index (κ1) is 24.9. The van der Waals surface area contributed by atoms with Crippen molar-refractivity contribution in [1.82, 2.24) is 10.2 Å². The van der Waals surface area contributed by atoms with E-state index in [0.29, 0.717) is 36.8 Å². The number of H-pyrrole nitrogens is 1. The minimum absolute atomic E-state index is 0.0192. The van der Waals surface area contributed by atoms with Crippen molar-refractivity contribution >= 4 is 33.7 Å². The highest BCUT2D eigenvalue weighted by molar-refractivity contribution is 6.30. The van der Waals surface area contributed by atoms with Crippen LogP contribution < -0.4 is 4.74 Å². The molecule has 4 aromatic rings. The monoisotopic (exact) mass is 494 g/mol. The highest BCUT2D eigenvalue weighted by atomic mass is 35.5. The molecule has 0 amide bonds. The van der Waals surface area contributed by atoms with Crippen molar-refractivity contribution in [2.24, 2.45) is 0 Å². The van der Waals surface area contributed by atoms with E-state index in [2.05, 4.69) is 16.3 Å². The Morgan fingerprint density at radius 2 is 1.80 bits per heavy atom. The van der Waals surface area contributed by atoms with Crippen LogP contribution in [0, 0.1) is 5.82 Å². The van der Waals surface area contributed by atoms with Crippen molar-refractivity contribution in [3.05, 3.63) is 94.4 Å². The minimum atomic E-state index is -0.348. The Bertz CT molecular complexity index is 1300. The van der Waals surface area contributed by atoms with Crippen LogP contribution in [0.5, 0.6) is 5.75 Å². The number of nitrogens with one attached hydrogen (secondary N) is 1. The number of allylic oxidation sites excluding steroid dienone is 1. The van der Waals surface area contributed by atoms with E-state index in [-0.39, 0.29) is 12.4 Å². The third-order valence-corrected chi connectivity index (χ3v) is 5.96. The predicted molar refractivity (Wildman–Crippen MR) is 138 cm³/mol. The largest absolute Gasteiger partial charge is 0.494 e. The van der Waals surface area contributed by atoms with Crippen LogP contribution in [0.2, 0.25) is 5.02 Å².